The summed E-state index contributed by atoms with van der Waals surface area (Å²) < 4.78 is 54.7. The summed E-state index contributed by atoms with van der Waals surface area (Å²) in [4.78, 5) is 81.4. The molecule has 0 radical (unpaired) electrons. The Morgan fingerprint density at radius 3 is 0.768 bits per heavy atom. The van der Waals surface area contributed by atoms with E-state index in [-0.39, 0.29) is 75.0 Å². The molecule has 1 aromatic heterocycles. The zero-order valence-corrected chi connectivity index (χ0v) is 54.0. The summed E-state index contributed by atoms with van der Waals surface area (Å²) in [6.45, 7) is 2.61. The van der Waals surface area contributed by atoms with Gasteiger partial charge in [-0.15, -0.1) is 0 Å². The molecule has 0 spiro atoms. The number of aromatic hydroxyl groups is 3. The number of hydrogen-bond acceptors (Lipinski definition) is 22. The van der Waals surface area contributed by atoms with Crippen LogP contribution in [-0.4, -0.2) is 114 Å². The van der Waals surface area contributed by atoms with Crippen LogP contribution in [0.5, 0.6) is 40.2 Å². The third kappa shape index (κ3) is 37.5. The molecule has 0 fully saturated rings. The van der Waals surface area contributed by atoms with Crippen molar-refractivity contribution in [3.05, 3.63) is 239 Å². The molecule has 0 aliphatic rings. The number of nitrogens with zero attached hydrogens (tertiary/aromatic N) is 1. The van der Waals surface area contributed by atoms with E-state index in [2.05, 4.69) is 32.9 Å². The molecular weight excluding hydrogens is 1300 g/mol. The van der Waals surface area contributed by atoms with Gasteiger partial charge in [0.1, 0.15) is 40.2 Å². The fourth-order valence-corrected chi connectivity index (χ4v) is 7.61. The van der Waals surface area contributed by atoms with Crippen LogP contribution in [-0.2, 0) is 82.9 Å². The van der Waals surface area contributed by atoms with Crippen molar-refractivity contribution in [1.29, 1.82) is 0 Å². The van der Waals surface area contributed by atoms with Crippen LogP contribution >= 0.6 is 34.8 Å². The lowest BCUT2D eigenvalue weighted by atomic mass is 10.1. The highest BCUT2D eigenvalue weighted by atomic mass is 35.5. The number of rotatable bonds is 25. The van der Waals surface area contributed by atoms with Crippen molar-refractivity contribution in [2.24, 2.45) is 0 Å². The highest BCUT2D eigenvalue weighted by molar-refractivity contribution is 6.93. The topological polar surface area (TPSA) is 295 Å². The van der Waals surface area contributed by atoms with Gasteiger partial charge in [-0.05, 0) is 159 Å². The monoisotopic (exact) mass is 1370 g/mol. The lowest BCUT2D eigenvalue weighted by Crippen LogP contribution is -2.14. The molecule has 0 aliphatic heterocycles. The van der Waals surface area contributed by atoms with Crippen molar-refractivity contribution in [2.45, 2.75) is 51.9 Å². The average molecular weight is 1370 g/mol. The summed E-state index contributed by atoms with van der Waals surface area (Å²) in [5.41, 5.74) is 5.77. The van der Waals surface area contributed by atoms with Crippen LogP contribution in [0, 0.1) is 0 Å². The van der Waals surface area contributed by atoms with Crippen molar-refractivity contribution >= 4 is 75.5 Å². The molecule has 8 rings (SSSR count). The first-order chi connectivity index (χ1) is 45.8. The molecule has 3 N–H and O–H groups in total. The first kappa shape index (κ1) is 76.9. The molecule has 25 heteroatoms. The Hall–Kier alpha value is -10.6. The molecule has 0 saturated carbocycles. The molecule has 0 aliphatic carbocycles. The van der Waals surface area contributed by atoms with E-state index in [9.17, 15) is 28.8 Å². The van der Waals surface area contributed by atoms with Gasteiger partial charge in [-0.25, -0.2) is 24.0 Å². The zero-order valence-electron chi connectivity index (χ0n) is 51.7. The normalized spacial score (nSPS) is 9.91. The summed E-state index contributed by atoms with van der Waals surface area (Å²) in [7, 11) is 1.60. The maximum Gasteiger partial charge on any atom is 0.519 e. The number of aromatic nitrogens is 1. The molecule has 8 aromatic rings. The minimum atomic E-state index is -0.905. The standard InChI is InChI=1S/C38H38O12.C17H18O5.C9H9ClO3.C5H5N.CCl2O/c1-27(39)48-33-13-5-29(6-14-33)20-24-45-37(41)47-26-22-31-9-17-35(18-10-31)50-38(42)49-34-15-7-30(8-16-34)21-25-46-36(40)44-23-19-28-3-11-32(43-2)12-4-28;18-15-5-1-13(2-6-15)9-11-21-17(20)22-12-10-14-3-7-16(19)8-4-14;10-9(12)13-6-5-7-1-3-8(11)4-2-7;1-2-4-6-5-3-1;2-1(3)4/h3-18H,19-26H2,1-2H3;1-8,18-19H,9-12H2;1-4,11H,5-6H2;1-5H;. The van der Waals surface area contributed by atoms with Crippen molar-refractivity contribution in [2.75, 3.05) is 53.4 Å². The van der Waals surface area contributed by atoms with Crippen molar-refractivity contribution < 1.29 is 101 Å². The molecule has 0 bridgehead atoms. The molecular formula is C70H70Cl3NO21. The van der Waals surface area contributed by atoms with E-state index >= 15 is 0 Å². The first-order valence-electron chi connectivity index (χ1n) is 29.0. The van der Waals surface area contributed by atoms with Gasteiger partial charge in [-0.1, -0.05) is 91.0 Å². The van der Waals surface area contributed by atoms with Crippen molar-refractivity contribution in [3.8, 4) is 40.2 Å². The molecule has 0 atom stereocenters. The van der Waals surface area contributed by atoms with Gasteiger partial charge < -0.3 is 67.4 Å². The zero-order chi connectivity index (χ0) is 68.8. The summed E-state index contributed by atoms with van der Waals surface area (Å²) in [6.07, 6.45) is 4.03. The third-order valence-electron chi connectivity index (χ3n) is 12.2. The van der Waals surface area contributed by atoms with Gasteiger partial charge >= 0.3 is 40.7 Å². The highest BCUT2D eigenvalue weighted by Crippen LogP contribution is 2.19. The van der Waals surface area contributed by atoms with Crippen LogP contribution in [0.3, 0.4) is 0 Å². The summed E-state index contributed by atoms with van der Waals surface area (Å²) in [5.74, 6) is 2.02. The smallest absolute Gasteiger partial charge is 0.508 e. The lowest BCUT2D eigenvalue weighted by molar-refractivity contribution is -0.131. The molecule has 7 aromatic carbocycles. The van der Waals surface area contributed by atoms with Gasteiger partial charge in [0, 0.05) is 75.9 Å². The van der Waals surface area contributed by atoms with Crippen LogP contribution in [0.15, 0.2) is 200 Å². The average Bonchev–Trinajstić information content (AvgIpc) is 1.84. The van der Waals surface area contributed by atoms with Gasteiger partial charge in [-0.2, -0.15) is 0 Å². The van der Waals surface area contributed by atoms with E-state index in [0.717, 1.165) is 44.7 Å². The Morgan fingerprint density at radius 2 is 0.558 bits per heavy atom. The van der Waals surface area contributed by atoms with E-state index < -0.39 is 40.7 Å². The summed E-state index contributed by atoms with van der Waals surface area (Å²) >= 11 is 13.8. The van der Waals surface area contributed by atoms with Crippen LogP contribution < -0.4 is 18.9 Å². The number of ether oxygens (including phenoxy) is 11. The maximum atomic E-state index is 12.3. The second-order valence-corrected chi connectivity index (χ2v) is 20.4. The van der Waals surface area contributed by atoms with Gasteiger partial charge in [0.15, 0.2) is 0 Å². The third-order valence-corrected chi connectivity index (χ3v) is 12.3. The van der Waals surface area contributed by atoms with E-state index in [1.54, 1.807) is 165 Å². The van der Waals surface area contributed by atoms with E-state index in [1.807, 2.05) is 42.5 Å². The predicted molar refractivity (Wildman–Crippen MR) is 351 cm³/mol. The number of esters is 1. The van der Waals surface area contributed by atoms with Gasteiger partial charge in [0.25, 0.3) is 0 Å². The molecule has 0 amide bonds. The SMILES string of the molecule is COc1ccc(CCOC(=O)OCCc2ccc(OC(=O)Oc3ccc(CCOC(=O)OCCc4ccc(OC(C)=O)cc4)cc3)cc2)cc1.O=C(Cl)Cl.O=C(Cl)OCCc1ccc(O)cc1.O=C(OCCc1ccc(O)cc1)OCCc1ccc(O)cc1.c1ccncc1. The Kier molecular flexibility index (Phi) is 37.0. The number of benzene rings is 7. The van der Waals surface area contributed by atoms with Crippen molar-refractivity contribution in [3.63, 3.8) is 0 Å². The second-order valence-electron chi connectivity index (χ2n) is 19.3. The summed E-state index contributed by atoms with van der Waals surface area (Å²) in [5, 5.41) is 27.3. The number of phenolic OH excluding ortho intramolecular Hbond substituents is 3. The fraction of sp³-hybridized carbons (Fsp3) is 0.229. The minimum absolute atomic E-state index is 0.107. The number of halogens is 3. The fourth-order valence-electron chi connectivity index (χ4n) is 7.53. The lowest BCUT2D eigenvalue weighted by Gasteiger charge is -2.09. The molecule has 95 heavy (non-hydrogen) atoms. The Morgan fingerprint density at radius 1 is 0.326 bits per heavy atom. The first-order valence-corrected chi connectivity index (χ1v) is 30.2. The predicted octanol–water partition coefficient (Wildman–Crippen LogP) is 15.1. The Balaban J connectivity index is 0.000000343. The van der Waals surface area contributed by atoms with Crippen LogP contribution in [0.2, 0.25) is 0 Å². The Labute approximate surface area is 563 Å². The minimum Gasteiger partial charge on any atom is -0.508 e. The molecule has 1 heterocycles. The van der Waals surface area contributed by atoms with E-state index in [0.29, 0.717) is 50.7 Å². The van der Waals surface area contributed by atoms with Gasteiger partial charge in [-0.3, -0.25) is 14.6 Å². The molecule has 22 nitrogen and oxygen atoms in total. The number of hydrogen-bond donors (Lipinski definition) is 3. The second kappa shape index (κ2) is 45.7. The molecule has 0 unspecified atom stereocenters. The largest absolute Gasteiger partial charge is 0.519 e. The van der Waals surface area contributed by atoms with E-state index in [1.165, 1.54) is 6.92 Å². The van der Waals surface area contributed by atoms with Crippen LogP contribution in [0.4, 0.5) is 28.8 Å². The number of carbonyl (C=O) groups is 7. The van der Waals surface area contributed by atoms with Crippen LogP contribution in [0.25, 0.3) is 0 Å². The van der Waals surface area contributed by atoms with E-state index in [4.69, 9.17) is 79.1 Å². The van der Waals surface area contributed by atoms with Gasteiger partial charge in [0.05, 0.1) is 53.4 Å². The van der Waals surface area contributed by atoms with Crippen LogP contribution in [0.1, 0.15) is 45.9 Å². The number of phenols is 3. The molecule has 0 saturated heterocycles. The van der Waals surface area contributed by atoms with Gasteiger partial charge in [0.2, 0.25) is 0 Å². The molecule has 502 valence electrons. The van der Waals surface area contributed by atoms with Crippen molar-refractivity contribution in [1.82, 2.24) is 4.98 Å². The number of carbonyl (C=O) groups excluding carboxylic acids is 7. The number of pyridine rings is 1. The maximum absolute atomic E-state index is 12.3. The highest BCUT2D eigenvalue weighted by Gasteiger charge is 2.12. The Bertz CT molecular complexity index is 3430. The number of methoxy groups -OCH3 is 1. The quantitative estimate of drug-likeness (QED) is 0.0157. The summed E-state index contributed by atoms with van der Waals surface area (Å²) in [6, 6.07) is 53.7.